The summed E-state index contributed by atoms with van der Waals surface area (Å²) in [6.45, 7) is 1.63. The third-order valence-corrected chi connectivity index (χ3v) is 2.63. The van der Waals surface area contributed by atoms with E-state index in [1.807, 2.05) is 6.07 Å². The molecule has 1 saturated carbocycles. The predicted molar refractivity (Wildman–Crippen MR) is 42.8 cm³/mol. The molecule has 0 radical (unpaired) electrons. The normalized spacial score (nSPS) is 25.5. The van der Waals surface area contributed by atoms with Crippen molar-refractivity contribution in [2.45, 2.75) is 44.6 Å². The van der Waals surface area contributed by atoms with Crippen LogP contribution in [0.1, 0.15) is 39.0 Å². The van der Waals surface area contributed by atoms with Crippen LogP contribution in [-0.4, -0.2) is 10.7 Å². The second kappa shape index (κ2) is 3.23. The van der Waals surface area contributed by atoms with Gasteiger partial charge in [-0.3, -0.25) is 0 Å². The molecule has 11 heavy (non-hydrogen) atoms. The van der Waals surface area contributed by atoms with Gasteiger partial charge < -0.3 is 5.11 Å². The third kappa shape index (κ3) is 1.94. The summed E-state index contributed by atoms with van der Waals surface area (Å²) in [4.78, 5) is 0. The van der Waals surface area contributed by atoms with E-state index in [2.05, 4.69) is 0 Å². The molecule has 1 rings (SSSR count). The molecule has 1 aliphatic rings. The van der Waals surface area contributed by atoms with Crippen LogP contribution in [0.15, 0.2) is 0 Å². The Labute approximate surface area is 67.8 Å². The molecule has 62 valence electrons. The molecule has 0 aliphatic heterocycles. The van der Waals surface area contributed by atoms with Gasteiger partial charge in [0.25, 0.3) is 0 Å². The van der Waals surface area contributed by atoms with Crippen molar-refractivity contribution in [2.24, 2.45) is 5.92 Å². The van der Waals surface area contributed by atoms with Crippen LogP contribution in [0.25, 0.3) is 0 Å². The highest BCUT2D eigenvalue weighted by Crippen LogP contribution is 2.31. The van der Waals surface area contributed by atoms with Crippen molar-refractivity contribution >= 4 is 0 Å². The third-order valence-electron chi connectivity index (χ3n) is 2.63. The van der Waals surface area contributed by atoms with Gasteiger partial charge in [0.2, 0.25) is 0 Å². The maximum atomic E-state index is 9.59. The van der Waals surface area contributed by atoms with E-state index in [0.29, 0.717) is 0 Å². The van der Waals surface area contributed by atoms with Crippen molar-refractivity contribution in [3.05, 3.63) is 0 Å². The molecule has 2 nitrogen and oxygen atoms in total. The topological polar surface area (TPSA) is 44.0 Å². The first-order valence-electron chi connectivity index (χ1n) is 4.30. The zero-order valence-electron chi connectivity index (χ0n) is 7.01. The lowest BCUT2D eigenvalue weighted by atomic mass is 9.79. The van der Waals surface area contributed by atoms with E-state index in [1.54, 1.807) is 6.92 Å². The number of hydrogen-bond acceptors (Lipinski definition) is 2. The Hall–Kier alpha value is -0.550. The zero-order chi connectivity index (χ0) is 8.32. The Morgan fingerprint density at radius 1 is 1.36 bits per heavy atom. The molecule has 1 fully saturated rings. The molecule has 0 aromatic heterocycles. The lowest BCUT2D eigenvalue weighted by molar-refractivity contribution is 0.0349. The van der Waals surface area contributed by atoms with Crippen molar-refractivity contribution in [3.8, 4) is 6.07 Å². The lowest BCUT2D eigenvalue weighted by Crippen LogP contribution is -2.34. The van der Waals surface area contributed by atoms with Crippen LogP contribution in [0, 0.1) is 17.2 Å². The van der Waals surface area contributed by atoms with Crippen LogP contribution in [0.4, 0.5) is 0 Å². The minimum atomic E-state index is -1.08. The highest BCUT2D eigenvalue weighted by Gasteiger charge is 2.32. The summed E-state index contributed by atoms with van der Waals surface area (Å²) in [6, 6.07) is 1.97. The Bertz CT molecular complexity index is 163. The second-order valence-electron chi connectivity index (χ2n) is 3.59. The van der Waals surface area contributed by atoms with E-state index in [-0.39, 0.29) is 5.92 Å². The van der Waals surface area contributed by atoms with Gasteiger partial charge in [0, 0.05) is 5.92 Å². The molecule has 1 unspecified atom stereocenters. The molecular weight excluding hydrogens is 138 g/mol. The summed E-state index contributed by atoms with van der Waals surface area (Å²) >= 11 is 0. The van der Waals surface area contributed by atoms with E-state index >= 15 is 0 Å². The fraction of sp³-hybridized carbons (Fsp3) is 0.889. The van der Waals surface area contributed by atoms with Crippen LogP contribution >= 0.6 is 0 Å². The van der Waals surface area contributed by atoms with E-state index in [4.69, 9.17) is 5.26 Å². The molecule has 2 heteroatoms. The minimum absolute atomic E-state index is 0.209. The molecule has 0 heterocycles. The first-order valence-corrected chi connectivity index (χ1v) is 4.30. The standard InChI is InChI=1S/C9H15NO/c1-9(11,7-10)8-5-3-2-4-6-8/h8,11H,2-6H2,1H3. The van der Waals surface area contributed by atoms with Gasteiger partial charge in [0.1, 0.15) is 0 Å². The number of nitrogens with zero attached hydrogens (tertiary/aromatic N) is 1. The van der Waals surface area contributed by atoms with E-state index < -0.39 is 5.60 Å². The van der Waals surface area contributed by atoms with Gasteiger partial charge in [-0.15, -0.1) is 0 Å². The van der Waals surface area contributed by atoms with Gasteiger partial charge in [0.15, 0.2) is 5.60 Å². The van der Waals surface area contributed by atoms with Gasteiger partial charge >= 0.3 is 0 Å². The second-order valence-corrected chi connectivity index (χ2v) is 3.59. The zero-order valence-corrected chi connectivity index (χ0v) is 7.01. The number of hydrogen-bond donors (Lipinski definition) is 1. The average molecular weight is 153 g/mol. The first-order chi connectivity index (χ1) is 5.17. The highest BCUT2D eigenvalue weighted by atomic mass is 16.3. The number of aliphatic hydroxyl groups is 1. The van der Waals surface area contributed by atoms with Gasteiger partial charge in [0.05, 0.1) is 6.07 Å². The van der Waals surface area contributed by atoms with Crippen LogP contribution in [-0.2, 0) is 0 Å². The first kappa shape index (κ1) is 8.55. The van der Waals surface area contributed by atoms with Crippen LogP contribution < -0.4 is 0 Å². The molecule has 0 spiro atoms. The predicted octanol–water partition coefficient (Wildman–Crippen LogP) is 1.84. The van der Waals surface area contributed by atoms with Crippen LogP contribution in [0.5, 0.6) is 0 Å². The Morgan fingerprint density at radius 2 is 1.91 bits per heavy atom. The highest BCUT2D eigenvalue weighted by molar-refractivity contribution is 5.01. The summed E-state index contributed by atoms with van der Waals surface area (Å²) < 4.78 is 0. The molecule has 0 aromatic rings. The van der Waals surface area contributed by atoms with E-state index in [0.717, 1.165) is 12.8 Å². The maximum Gasteiger partial charge on any atom is 0.151 e. The number of nitriles is 1. The number of rotatable bonds is 1. The molecule has 1 aliphatic carbocycles. The lowest BCUT2D eigenvalue weighted by Gasteiger charge is -2.29. The van der Waals surface area contributed by atoms with Crippen molar-refractivity contribution in [1.82, 2.24) is 0 Å². The summed E-state index contributed by atoms with van der Waals surface area (Å²) in [7, 11) is 0. The fourth-order valence-corrected chi connectivity index (χ4v) is 1.76. The summed E-state index contributed by atoms with van der Waals surface area (Å²) in [5.41, 5.74) is -1.08. The molecular formula is C9H15NO. The van der Waals surface area contributed by atoms with Gasteiger partial charge in [-0.05, 0) is 19.8 Å². The van der Waals surface area contributed by atoms with Gasteiger partial charge in [-0.1, -0.05) is 19.3 Å². The largest absolute Gasteiger partial charge is 0.375 e. The molecule has 1 N–H and O–H groups in total. The van der Waals surface area contributed by atoms with Crippen molar-refractivity contribution in [2.75, 3.05) is 0 Å². The Kier molecular flexibility index (Phi) is 2.51. The summed E-state index contributed by atoms with van der Waals surface area (Å²) in [5.74, 6) is 0.209. The van der Waals surface area contributed by atoms with Crippen LogP contribution in [0.2, 0.25) is 0 Å². The van der Waals surface area contributed by atoms with Gasteiger partial charge in [-0.2, -0.15) is 5.26 Å². The maximum absolute atomic E-state index is 9.59. The summed E-state index contributed by atoms with van der Waals surface area (Å²) in [6.07, 6.45) is 5.63. The minimum Gasteiger partial charge on any atom is -0.375 e. The Morgan fingerprint density at radius 3 is 2.36 bits per heavy atom. The van der Waals surface area contributed by atoms with Crippen molar-refractivity contribution in [3.63, 3.8) is 0 Å². The smallest absolute Gasteiger partial charge is 0.151 e. The van der Waals surface area contributed by atoms with Crippen molar-refractivity contribution in [1.29, 1.82) is 5.26 Å². The quantitative estimate of drug-likeness (QED) is 0.584. The fourth-order valence-electron chi connectivity index (χ4n) is 1.76. The van der Waals surface area contributed by atoms with E-state index in [9.17, 15) is 5.11 Å². The van der Waals surface area contributed by atoms with Gasteiger partial charge in [-0.25, -0.2) is 0 Å². The molecule has 0 aromatic carbocycles. The monoisotopic (exact) mass is 153 g/mol. The SMILES string of the molecule is CC(O)(C#N)C1CCCCC1. The molecule has 0 amide bonds. The van der Waals surface area contributed by atoms with Crippen LogP contribution in [0.3, 0.4) is 0 Å². The molecule has 1 atom stereocenters. The Balaban J connectivity index is 2.52. The summed E-state index contributed by atoms with van der Waals surface area (Å²) in [5, 5.41) is 18.2. The molecule has 0 saturated heterocycles. The molecule has 0 bridgehead atoms. The van der Waals surface area contributed by atoms with Crippen molar-refractivity contribution < 1.29 is 5.11 Å². The van der Waals surface area contributed by atoms with E-state index in [1.165, 1.54) is 19.3 Å². The average Bonchev–Trinajstić information content (AvgIpc) is 2.06.